The van der Waals surface area contributed by atoms with Crippen LogP contribution in [-0.4, -0.2) is 27.8 Å². The lowest BCUT2D eigenvalue weighted by atomic mass is 10.0. The predicted molar refractivity (Wildman–Crippen MR) is 98.5 cm³/mol. The van der Waals surface area contributed by atoms with Crippen LogP contribution in [0, 0.1) is 11.8 Å². The van der Waals surface area contributed by atoms with Crippen molar-refractivity contribution in [2.45, 2.75) is 32.6 Å². The molecule has 1 aromatic carbocycles. The molecule has 0 aromatic heterocycles. The van der Waals surface area contributed by atoms with Gasteiger partial charge in [-0.1, -0.05) is 41.8 Å². The summed E-state index contributed by atoms with van der Waals surface area (Å²) in [6.07, 6.45) is 2.85. The van der Waals surface area contributed by atoms with Gasteiger partial charge in [-0.15, -0.1) is 0 Å². The van der Waals surface area contributed by atoms with E-state index in [9.17, 15) is 14.1 Å². The molecule has 2 unspecified atom stereocenters. The zero-order valence-corrected chi connectivity index (χ0v) is 15.7. The molecule has 0 saturated heterocycles. The second-order valence-corrected chi connectivity index (χ2v) is 8.63. The van der Waals surface area contributed by atoms with Crippen molar-refractivity contribution in [2.75, 3.05) is 11.5 Å². The number of ether oxygens (including phenoxy) is 1. The fourth-order valence-corrected chi connectivity index (χ4v) is 4.43. The SMILES string of the molecule is CCC[S+]([O-])CC1CC(OC(=O)C2CC2)=C(c2ccc(Cl)cc2)C1=O. The molecule has 0 spiro atoms. The van der Waals surface area contributed by atoms with Crippen molar-refractivity contribution < 1.29 is 18.9 Å². The van der Waals surface area contributed by atoms with Gasteiger partial charge in [0, 0.05) is 11.4 Å². The van der Waals surface area contributed by atoms with Crippen molar-refractivity contribution >= 4 is 40.1 Å². The zero-order chi connectivity index (χ0) is 18.0. The number of rotatable bonds is 7. The molecule has 2 aliphatic rings. The van der Waals surface area contributed by atoms with E-state index in [1.54, 1.807) is 24.3 Å². The van der Waals surface area contributed by atoms with E-state index in [0.717, 1.165) is 19.3 Å². The Morgan fingerprint density at radius 2 is 2.00 bits per heavy atom. The van der Waals surface area contributed by atoms with Gasteiger partial charge in [0.25, 0.3) is 0 Å². The largest absolute Gasteiger partial charge is 0.616 e. The number of hydrogen-bond acceptors (Lipinski definition) is 4. The Labute approximate surface area is 155 Å². The van der Waals surface area contributed by atoms with Gasteiger partial charge in [0.05, 0.1) is 17.4 Å². The fraction of sp³-hybridized carbons (Fsp3) is 0.474. The van der Waals surface area contributed by atoms with Crippen LogP contribution in [0.3, 0.4) is 0 Å². The molecule has 1 saturated carbocycles. The van der Waals surface area contributed by atoms with E-state index < -0.39 is 11.2 Å². The van der Waals surface area contributed by atoms with Crippen molar-refractivity contribution in [3.05, 3.63) is 40.6 Å². The number of carbonyl (C=O) groups excluding carboxylic acids is 2. The van der Waals surface area contributed by atoms with Crippen molar-refractivity contribution in [2.24, 2.45) is 11.8 Å². The highest BCUT2D eigenvalue weighted by molar-refractivity contribution is 7.91. The third kappa shape index (κ3) is 4.46. The van der Waals surface area contributed by atoms with Crippen LogP contribution >= 0.6 is 11.6 Å². The van der Waals surface area contributed by atoms with Gasteiger partial charge < -0.3 is 9.29 Å². The first-order chi connectivity index (χ1) is 12.0. The number of Topliss-reactive ketones (excluding diaryl/α,β-unsaturated/α-hetero) is 1. The van der Waals surface area contributed by atoms with E-state index in [0.29, 0.717) is 39.8 Å². The predicted octanol–water partition coefficient (Wildman–Crippen LogP) is 3.75. The summed E-state index contributed by atoms with van der Waals surface area (Å²) in [6.45, 7) is 1.97. The number of benzene rings is 1. The minimum atomic E-state index is -1.04. The summed E-state index contributed by atoms with van der Waals surface area (Å²) in [7, 11) is 0. The number of carbonyl (C=O) groups is 2. The molecule has 0 N–H and O–H groups in total. The van der Waals surface area contributed by atoms with Gasteiger partial charge >= 0.3 is 5.97 Å². The molecule has 0 heterocycles. The van der Waals surface area contributed by atoms with Crippen molar-refractivity contribution in [1.82, 2.24) is 0 Å². The molecule has 25 heavy (non-hydrogen) atoms. The van der Waals surface area contributed by atoms with Crippen molar-refractivity contribution in [1.29, 1.82) is 0 Å². The second kappa shape index (κ2) is 7.94. The monoisotopic (exact) mass is 380 g/mol. The number of esters is 1. The summed E-state index contributed by atoms with van der Waals surface area (Å²) < 4.78 is 17.7. The summed E-state index contributed by atoms with van der Waals surface area (Å²) in [5.41, 5.74) is 1.13. The quantitative estimate of drug-likeness (QED) is 0.533. The molecule has 1 aromatic rings. The van der Waals surface area contributed by atoms with E-state index in [-0.39, 0.29) is 23.6 Å². The Morgan fingerprint density at radius 3 is 2.60 bits per heavy atom. The van der Waals surface area contributed by atoms with Crippen LogP contribution in [0.25, 0.3) is 5.57 Å². The third-order valence-electron chi connectivity index (χ3n) is 4.41. The summed E-state index contributed by atoms with van der Waals surface area (Å²) >= 11 is 4.89. The topological polar surface area (TPSA) is 66.4 Å². The Bertz CT molecular complexity index is 694. The Balaban J connectivity index is 1.84. The van der Waals surface area contributed by atoms with Gasteiger partial charge in [0.2, 0.25) is 0 Å². The van der Waals surface area contributed by atoms with Crippen LogP contribution in [0.1, 0.15) is 38.2 Å². The molecule has 134 valence electrons. The van der Waals surface area contributed by atoms with Crippen LogP contribution in [-0.2, 0) is 25.5 Å². The smallest absolute Gasteiger partial charge is 0.314 e. The molecule has 4 nitrogen and oxygen atoms in total. The molecule has 2 aliphatic carbocycles. The van der Waals surface area contributed by atoms with Crippen LogP contribution < -0.4 is 0 Å². The lowest BCUT2D eigenvalue weighted by molar-refractivity contribution is -0.141. The van der Waals surface area contributed by atoms with E-state index in [4.69, 9.17) is 16.3 Å². The standard InChI is InChI=1S/C19H21ClO4S/c1-2-9-25(23)11-14-10-16(24-19(22)13-3-4-13)17(18(14)21)12-5-7-15(20)8-6-12/h5-8,13-14H,2-4,9-11H2,1H3. The molecule has 2 atom stereocenters. The number of allylic oxidation sites excluding steroid dienone is 2. The van der Waals surface area contributed by atoms with Crippen molar-refractivity contribution in [3.8, 4) is 0 Å². The average molecular weight is 381 g/mol. The summed E-state index contributed by atoms with van der Waals surface area (Å²) in [4.78, 5) is 25.0. The highest BCUT2D eigenvalue weighted by Gasteiger charge is 2.40. The molecule has 3 rings (SSSR count). The van der Waals surface area contributed by atoms with Gasteiger partial charge in [-0.3, -0.25) is 9.59 Å². The van der Waals surface area contributed by atoms with Crippen LogP contribution in [0.15, 0.2) is 30.0 Å². The first-order valence-electron chi connectivity index (χ1n) is 8.59. The van der Waals surface area contributed by atoms with Gasteiger partial charge in [0.1, 0.15) is 17.3 Å². The Hall–Kier alpha value is -1.30. The molecular weight excluding hydrogens is 360 g/mol. The van der Waals surface area contributed by atoms with Gasteiger partial charge in [-0.25, -0.2) is 0 Å². The molecular formula is C19H21ClO4S. The summed E-state index contributed by atoms with van der Waals surface area (Å²) in [5.74, 6) is 0.533. The van der Waals surface area contributed by atoms with Gasteiger partial charge in [0.15, 0.2) is 5.78 Å². The van der Waals surface area contributed by atoms with Crippen LogP contribution in [0.4, 0.5) is 0 Å². The van der Waals surface area contributed by atoms with Gasteiger partial charge in [-0.05, 0) is 37.0 Å². The van der Waals surface area contributed by atoms with E-state index >= 15 is 0 Å². The first kappa shape index (κ1) is 18.5. The van der Waals surface area contributed by atoms with E-state index in [1.165, 1.54) is 0 Å². The highest BCUT2D eigenvalue weighted by atomic mass is 35.5. The molecule has 0 amide bonds. The van der Waals surface area contributed by atoms with Crippen LogP contribution in [0.5, 0.6) is 0 Å². The Kier molecular flexibility index (Phi) is 5.87. The third-order valence-corrected chi connectivity index (χ3v) is 6.30. The molecule has 0 aliphatic heterocycles. The maximum atomic E-state index is 12.9. The fourth-order valence-electron chi connectivity index (χ4n) is 2.97. The minimum Gasteiger partial charge on any atom is -0.616 e. The number of hydrogen-bond donors (Lipinski definition) is 0. The lowest BCUT2D eigenvalue weighted by Crippen LogP contribution is -2.23. The lowest BCUT2D eigenvalue weighted by Gasteiger charge is -2.14. The average Bonchev–Trinajstić information content (AvgIpc) is 3.37. The highest BCUT2D eigenvalue weighted by Crippen LogP contribution is 2.39. The second-order valence-electron chi connectivity index (χ2n) is 6.58. The molecule has 0 radical (unpaired) electrons. The molecule has 6 heteroatoms. The summed E-state index contributed by atoms with van der Waals surface area (Å²) in [5, 5.41) is 0.576. The molecule has 0 bridgehead atoms. The summed E-state index contributed by atoms with van der Waals surface area (Å²) in [6, 6.07) is 6.93. The van der Waals surface area contributed by atoms with Crippen molar-refractivity contribution in [3.63, 3.8) is 0 Å². The van der Waals surface area contributed by atoms with E-state index in [2.05, 4.69) is 0 Å². The Morgan fingerprint density at radius 1 is 1.32 bits per heavy atom. The van der Waals surface area contributed by atoms with E-state index in [1.807, 2.05) is 6.92 Å². The normalized spacial score (nSPS) is 21.6. The number of ketones is 1. The first-order valence-corrected chi connectivity index (χ1v) is 10.5. The van der Waals surface area contributed by atoms with Gasteiger partial charge in [-0.2, -0.15) is 0 Å². The zero-order valence-electron chi connectivity index (χ0n) is 14.1. The number of halogens is 1. The van der Waals surface area contributed by atoms with Crippen LogP contribution in [0.2, 0.25) is 5.02 Å². The maximum Gasteiger partial charge on any atom is 0.314 e. The maximum absolute atomic E-state index is 12.9. The minimum absolute atomic E-state index is 0.0395. The molecule has 1 fully saturated rings.